The second-order valence-corrected chi connectivity index (χ2v) is 7.66. The predicted molar refractivity (Wildman–Crippen MR) is 116 cm³/mol. The van der Waals surface area contributed by atoms with Crippen LogP contribution in [0.2, 0.25) is 0 Å². The summed E-state index contributed by atoms with van der Waals surface area (Å²) in [5.41, 5.74) is 4.29. The van der Waals surface area contributed by atoms with Crippen molar-refractivity contribution in [2.45, 2.75) is 25.3 Å². The Kier molecular flexibility index (Phi) is 4.39. The van der Waals surface area contributed by atoms with E-state index in [1.165, 1.54) is 5.56 Å². The fourth-order valence-corrected chi connectivity index (χ4v) is 4.38. The van der Waals surface area contributed by atoms with Crippen LogP contribution < -0.4 is 4.90 Å². The maximum Gasteiger partial charge on any atom is 0.227 e. The van der Waals surface area contributed by atoms with E-state index in [9.17, 15) is 4.79 Å². The lowest BCUT2D eigenvalue weighted by atomic mass is 10.0. The molecule has 0 spiro atoms. The van der Waals surface area contributed by atoms with Gasteiger partial charge in [0.1, 0.15) is 5.82 Å². The standard InChI is InChI=1S/C25H23N3O/c1-18(19-10-4-2-5-11-19)28-23-15-9-8-14-22(23)26-25(28)20-16-24(29)27(17-20)21-12-6-3-7-13-21/h2-15,18,20H,16-17H2,1H3/t18-,20+/m0/s1. The summed E-state index contributed by atoms with van der Waals surface area (Å²) >= 11 is 0. The number of fused-ring (bicyclic) bond motifs is 1. The van der Waals surface area contributed by atoms with Gasteiger partial charge in [0, 0.05) is 24.6 Å². The summed E-state index contributed by atoms with van der Waals surface area (Å²) in [5.74, 6) is 1.22. The molecule has 2 atom stereocenters. The van der Waals surface area contributed by atoms with Crippen molar-refractivity contribution in [1.29, 1.82) is 0 Å². The molecule has 0 unspecified atom stereocenters. The average Bonchev–Trinajstić information content (AvgIpc) is 3.35. The number of imidazole rings is 1. The Morgan fingerprint density at radius 2 is 1.55 bits per heavy atom. The first kappa shape index (κ1) is 17.7. The molecule has 1 fully saturated rings. The molecule has 0 aliphatic carbocycles. The van der Waals surface area contributed by atoms with Crippen LogP contribution in [-0.4, -0.2) is 22.0 Å². The van der Waals surface area contributed by atoms with Crippen LogP contribution in [0.4, 0.5) is 5.69 Å². The number of hydrogen-bond acceptors (Lipinski definition) is 2. The quantitative estimate of drug-likeness (QED) is 0.489. The van der Waals surface area contributed by atoms with Crippen molar-refractivity contribution in [2.75, 3.05) is 11.4 Å². The van der Waals surface area contributed by atoms with Gasteiger partial charge >= 0.3 is 0 Å². The van der Waals surface area contributed by atoms with E-state index in [0.717, 1.165) is 22.5 Å². The fraction of sp³-hybridized carbons (Fsp3) is 0.200. The molecule has 29 heavy (non-hydrogen) atoms. The molecule has 0 radical (unpaired) electrons. The molecule has 1 aliphatic heterocycles. The van der Waals surface area contributed by atoms with Crippen LogP contribution in [0.1, 0.15) is 36.7 Å². The van der Waals surface area contributed by atoms with Gasteiger partial charge in [-0.3, -0.25) is 4.79 Å². The molecular formula is C25H23N3O. The average molecular weight is 381 g/mol. The van der Waals surface area contributed by atoms with Crippen LogP contribution in [0.5, 0.6) is 0 Å². The third kappa shape index (κ3) is 3.11. The molecule has 1 aliphatic rings. The molecule has 3 aromatic carbocycles. The van der Waals surface area contributed by atoms with E-state index in [-0.39, 0.29) is 17.9 Å². The summed E-state index contributed by atoms with van der Waals surface area (Å²) in [6.07, 6.45) is 0.486. The zero-order chi connectivity index (χ0) is 19.8. The number of para-hydroxylation sites is 3. The van der Waals surface area contributed by atoms with Gasteiger partial charge in [0.15, 0.2) is 0 Å². The lowest BCUT2D eigenvalue weighted by Gasteiger charge is -2.21. The van der Waals surface area contributed by atoms with E-state index < -0.39 is 0 Å². The highest BCUT2D eigenvalue weighted by Gasteiger charge is 2.35. The number of benzene rings is 3. The van der Waals surface area contributed by atoms with Gasteiger partial charge in [-0.1, -0.05) is 60.7 Å². The minimum Gasteiger partial charge on any atom is -0.320 e. The van der Waals surface area contributed by atoms with Gasteiger partial charge in [-0.2, -0.15) is 0 Å². The second kappa shape index (κ2) is 7.21. The molecule has 144 valence electrons. The summed E-state index contributed by atoms with van der Waals surface area (Å²) in [4.78, 5) is 19.7. The maximum absolute atomic E-state index is 12.8. The Bertz CT molecular complexity index is 1150. The molecule has 5 rings (SSSR count). The Hall–Kier alpha value is -3.40. The van der Waals surface area contributed by atoms with Gasteiger partial charge in [-0.05, 0) is 36.8 Å². The van der Waals surface area contributed by atoms with Crippen molar-refractivity contribution in [1.82, 2.24) is 9.55 Å². The Labute approximate surface area is 170 Å². The van der Waals surface area contributed by atoms with E-state index in [0.29, 0.717) is 13.0 Å². The van der Waals surface area contributed by atoms with Crippen LogP contribution in [0.25, 0.3) is 11.0 Å². The van der Waals surface area contributed by atoms with Crippen molar-refractivity contribution >= 4 is 22.6 Å². The number of carbonyl (C=O) groups excluding carboxylic acids is 1. The van der Waals surface area contributed by atoms with Gasteiger partial charge in [0.25, 0.3) is 0 Å². The topological polar surface area (TPSA) is 38.1 Å². The first-order valence-corrected chi connectivity index (χ1v) is 10.1. The van der Waals surface area contributed by atoms with Crippen molar-refractivity contribution in [3.63, 3.8) is 0 Å². The maximum atomic E-state index is 12.8. The molecule has 1 amide bonds. The highest BCUT2D eigenvalue weighted by atomic mass is 16.2. The number of carbonyl (C=O) groups is 1. The normalized spacial score (nSPS) is 17.8. The first-order valence-electron chi connectivity index (χ1n) is 10.1. The summed E-state index contributed by atoms with van der Waals surface area (Å²) in [6, 6.07) is 28.8. The summed E-state index contributed by atoms with van der Waals surface area (Å²) < 4.78 is 2.32. The van der Waals surface area contributed by atoms with Gasteiger partial charge in [0.2, 0.25) is 5.91 Å². The Morgan fingerprint density at radius 3 is 2.31 bits per heavy atom. The van der Waals surface area contributed by atoms with E-state index in [1.807, 2.05) is 47.4 Å². The van der Waals surface area contributed by atoms with Crippen LogP contribution in [0.3, 0.4) is 0 Å². The van der Waals surface area contributed by atoms with E-state index in [4.69, 9.17) is 4.98 Å². The molecule has 0 bridgehead atoms. The van der Waals surface area contributed by atoms with E-state index >= 15 is 0 Å². The minimum absolute atomic E-state index is 0.0706. The summed E-state index contributed by atoms with van der Waals surface area (Å²) in [7, 11) is 0. The van der Waals surface area contributed by atoms with Crippen LogP contribution in [0, 0.1) is 0 Å². The molecule has 4 heteroatoms. The SMILES string of the molecule is C[C@@H](c1ccccc1)n1c([C@@H]2CC(=O)N(c3ccccc3)C2)nc2ccccc21. The molecule has 1 aromatic heterocycles. The third-order valence-corrected chi connectivity index (χ3v) is 5.85. The van der Waals surface area contributed by atoms with Crippen molar-refractivity contribution < 1.29 is 4.79 Å². The Balaban J connectivity index is 1.58. The minimum atomic E-state index is 0.0706. The van der Waals surface area contributed by atoms with Gasteiger partial charge in [-0.15, -0.1) is 0 Å². The number of rotatable bonds is 4. The highest BCUT2D eigenvalue weighted by Crippen LogP contribution is 2.35. The molecule has 4 aromatic rings. The molecule has 1 saturated heterocycles. The predicted octanol–water partition coefficient (Wildman–Crippen LogP) is 5.17. The zero-order valence-electron chi connectivity index (χ0n) is 16.4. The lowest BCUT2D eigenvalue weighted by molar-refractivity contribution is -0.117. The number of hydrogen-bond donors (Lipinski definition) is 0. The van der Waals surface area contributed by atoms with Crippen molar-refractivity contribution in [3.8, 4) is 0 Å². The van der Waals surface area contributed by atoms with Crippen molar-refractivity contribution in [2.24, 2.45) is 0 Å². The van der Waals surface area contributed by atoms with Gasteiger partial charge in [0.05, 0.1) is 17.1 Å². The third-order valence-electron chi connectivity index (χ3n) is 5.85. The van der Waals surface area contributed by atoms with Crippen molar-refractivity contribution in [3.05, 3.63) is 96.3 Å². The highest BCUT2D eigenvalue weighted by molar-refractivity contribution is 5.96. The zero-order valence-corrected chi connectivity index (χ0v) is 16.4. The summed E-state index contributed by atoms with van der Waals surface area (Å²) in [6.45, 7) is 2.87. The Morgan fingerprint density at radius 1 is 0.897 bits per heavy atom. The van der Waals surface area contributed by atoms with Crippen LogP contribution in [0.15, 0.2) is 84.9 Å². The molecule has 2 heterocycles. The van der Waals surface area contributed by atoms with E-state index in [2.05, 4.69) is 54.0 Å². The molecule has 4 nitrogen and oxygen atoms in total. The number of nitrogens with zero attached hydrogens (tertiary/aromatic N) is 3. The fourth-order valence-electron chi connectivity index (χ4n) is 4.38. The lowest BCUT2D eigenvalue weighted by Crippen LogP contribution is -2.24. The molecule has 0 saturated carbocycles. The summed E-state index contributed by atoms with van der Waals surface area (Å²) in [5, 5.41) is 0. The van der Waals surface area contributed by atoms with Crippen LogP contribution >= 0.6 is 0 Å². The first-order chi connectivity index (χ1) is 14.2. The molecular weight excluding hydrogens is 358 g/mol. The van der Waals surface area contributed by atoms with Crippen LogP contribution in [-0.2, 0) is 4.79 Å². The number of aromatic nitrogens is 2. The largest absolute Gasteiger partial charge is 0.320 e. The second-order valence-electron chi connectivity index (χ2n) is 7.66. The van der Waals surface area contributed by atoms with Gasteiger partial charge < -0.3 is 9.47 Å². The van der Waals surface area contributed by atoms with E-state index in [1.54, 1.807) is 0 Å². The smallest absolute Gasteiger partial charge is 0.227 e. The number of anilines is 1. The monoisotopic (exact) mass is 381 g/mol. The van der Waals surface area contributed by atoms with Gasteiger partial charge in [-0.25, -0.2) is 4.98 Å². The number of amides is 1. The molecule has 0 N–H and O–H groups in total.